The van der Waals surface area contributed by atoms with E-state index in [1.165, 1.54) is 43.3 Å². The second-order valence-corrected chi connectivity index (χ2v) is 17.4. The Morgan fingerprint density at radius 2 is 1.89 bits per heavy atom. The largest absolute Gasteiger partial charge is 0.396 e. The van der Waals surface area contributed by atoms with Crippen LogP contribution in [0, 0.1) is 68.0 Å². The fraction of sp³-hybridized carbons (Fsp3) is 0.725. The normalized spacial score (nSPS) is 49.0. The van der Waals surface area contributed by atoms with E-state index in [9.17, 15) is 15.3 Å². The third-order valence-corrected chi connectivity index (χ3v) is 15.7. The second-order valence-electron chi connectivity index (χ2n) is 17.4. The van der Waals surface area contributed by atoms with Crippen LogP contribution in [0.3, 0.4) is 0 Å². The summed E-state index contributed by atoms with van der Waals surface area (Å²) >= 11 is 0. The average Bonchev–Trinajstić information content (AvgIpc) is 3.51. The van der Waals surface area contributed by atoms with Crippen LogP contribution in [0.25, 0.3) is 0 Å². The number of allylic oxidation sites excluding steroid dienone is 7. The Labute approximate surface area is 265 Å². The van der Waals surface area contributed by atoms with Crippen molar-refractivity contribution < 1.29 is 15.3 Å². The van der Waals surface area contributed by atoms with E-state index >= 15 is 0 Å². The van der Waals surface area contributed by atoms with Gasteiger partial charge in [-0.15, -0.1) is 0 Å². The Morgan fingerprint density at radius 3 is 2.61 bits per heavy atom. The summed E-state index contributed by atoms with van der Waals surface area (Å²) in [4.78, 5) is 4.40. The highest BCUT2D eigenvalue weighted by molar-refractivity contribution is 5.80. The predicted octanol–water partition coefficient (Wildman–Crippen LogP) is 7.24. The number of aliphatic hydroxyl groups excluding tert-OH is 3. The van der Waals surface area contributed by atoms with Crippen molar-refractivity contribution in [1.82, 2.24) is 0 Å². The van der Waals surface area contributed by atoms with Gasteiger partial charge in [0.25, 0.3) is 0 Å². The molecule has 4 saturated carbocycles. The van der Waals surface area contributed by atoms with Gasteiger partial charge in [-0.3, -0.25) is 4.99 Å². The molecule has 44 heavy (non-hydrogen) atoms. The molecule has 3 spiro atoms. The lowest BCUT2D eigenvalue weighted by molar-refractivity contribution is -0.161. The SMILES string of the molecule is C=C1C=C2[C@@]3(CC[C@H](C[C@H](CO)CC4=CCN=C4)C3)C[C@]34CC[C@H](CCCO)[C@]3(CO)C=C[C@H]3C=C[C@@]5([C@@H]1C5(C)C)[C@]2(C)[C@@H]34. The molecular weight excluding hydrogens is 542 g/mol. The molecule has 4 heteroatoms. The molecule has 0 saturated heterocycles. The number of aliphatic imine (C=N–C) groups is 1. The first-order valence-electron chi connectivity index (χ1n) is 17.9. The van der Waals surface area contributed by atoms with Crippen LogP contribution in [-0.2, 0) is 0 Å². The summed E-state index contributed by atoms with van der Waals surface area (Å²) in [6.07, 6.45) is 28.1. The predicted molar refractivity (Wildman–Crippen MR) is 177 cm³/mol. The fourth-order valence-electron chi connectivity index (χ4n) is 14.5. The zero-order chi connectivity index (χ0) is 30.8. The highest BCUT2D eigenvalue weighted by Crippen LogP contribution is 2.91. The molecule has 7 aliphatic carbocycles. The maximum atomic E-state index is 11.6. The summed E-state index contributed by atoms with van der Waals surface area (Å²) in [5, 5.41) is 31.9. The van der Waals surface area contributed by atoms with E-state index in [-0.39, 0.29) is 58.2 Å². The van der Waals surface area contributed by atoms with Gasteiger partial charge in [-0.1, -0.05) is 75.0 Å². The van der Waals surface area contributed by atoms with Gasteiger partial charge in [-0.05, 0) is 122 Å². The molecule has 8 aliphatic rings. The summed E-state index contributed by atoms with van der Waals surface area (Å²) in [6.45, 7) is 13.9. The van der Waals surface area contributed by atoms with Gasteiger partial charge in [-0.25, -0.2) is 0 Å². The highest BCUT2D eigenvalue weighted by atomic mass is 16.3. The van der Waals surface area contributed by atoms with Crippen molar-refractivity contribution in [3.63, 3.8) is 0 Å². The lowest BCUT2D eigenvalue weighted by atomic mass is 9.32. The van der Waals surface area contributed by atoms with Gasteiger partial charge in [0, 0.05) is 35.7 Å². The molecule has 0 aromatic carbocycles. The van der Waals surface area contributed by atoms with E-state index in [1.807, 2.05) is 6.21 Å². The topological polar surface area (TPSA) is 73.1 Å². The lowest BCUT2D eigenvalue weighted by Crippen LogP contribution is -2.66. The molecule has 0 bridgehead atoms. The average molecular weight is 598 g/mol. The summed E-state index contributed by atoms with van der Waals surface area (Å²) in [5.41, 5.74) is 4.54. The van der Waals surface area contributed by atoms with Crippen LogP contribution in [0.5, 0.6) is 0 Å². The number of hydrogen-bond donors (Lipinski definition) is 3. The van der Waals surface area contributed by atoms with E-state index in [0.717, 1.165) is 38.6 Å². The molecule has 0 unspecified atom stereocenters. The monoisotopic (exact) mass is 597 g/mol. The van der Waals surface area contributed by atoms with Gasteiger partial charge in [0.2, 0.25) is 0 Å². The number of rotatable bonds is 9. The number of fused-ring (bicyclic) bond motifs is 1. The Bertz CT molecular complexity index is 1400. The molecule has 0 radical (unpaired) electrons. The molecule has 0 aromatic rings. The van der Waals surface area contributed by atoms with E-state index in [2.05, 4.69) is 62.2 Å². The summed E-state index contributed by atoms with van der Waals surface area (Å²) < 4.78 is 0. The lowest BCUT2D eigenvalue weighted by Gasteiger charge is -2.71. The molecular formula is C40H55NO3. The van der Waals surface area contributed by atoms with Crippen LogP contribution < -0.4 is 0 Å². The van der Waals surface area contributed by atoms with Crippen molar-refractivity contribution in [3.05, 3.63) is 59.8 Å². The maximum Gasteiger partial charge on any atom is 0.0576 e. The minimum Gasteiger partial charge on any atom is -0.396 e. The van der Waals surface area contributed by atoms with Crippen LogP contribution in [0.2, 0.25) is 0 Å². The first-order chi connectivity index (χ1) is 21.1. The van der Waals surface area contributed by atoms with Crippen LogP contribution in [0.4, 0.5) is 0 Å². The van der Waals surface area contributed by atoms with Crippen molar-refractivity contribution in [3.8, 4) is 0 Å². The molecule has 1 heterocycles. The van der Waals surface area contributed by atoms with Crippen LogP contribution in [0.15, 0.2) is 64.7 Å². The van der Waals surface area contributed by atoms with Crippen molar-refractivity contribution in [2.45, 2.75) is 85.0 Å². The van der Waals surface area contributed by atoms with Crippen LogP contribution >= 0.6 is 0 Å². The van der Waals surface area contributed by atoms with E-state index in [1.54, 1.807) is 5.57 Å². The summed E-state index contributed by atoms with van der Waals surface area (Å²) in [6, 6.07) is 0. The first kappa shape index (κ1) is 29.6. The van der Waals surface area contributed by atoms with Crippen LogP contribution in [-0.4, -0.2) is 47.9 Å². The molecule has 4 fully saturated rings. The zero-order valence-electron chi connectivity index (χ0n) is 27.4. The molecule has 0 amide bonds. The van der Waals surface area contributed by atoms with Gasteiger partial charge in [0.05, 0.1) is 13.2 Å². The van der Waals surface area contributed by atoms with E-state index in [4.69, 9.17) is 6.58 Å². The maximum absolute atomic E-state index is 11.6. The van der Waals surface area contributed by atoms with Gasteiger partial charge in [0.15, 0.2) is 0 Å². The van der Waals surface area contributed by atoms with Gasteiger partial charge >= 0.3 is 0 Å². The summed E-state index contributed by atoms with van der Waals surface area (Å²) in [7, 11) is 0. The van der Waals surface area contributed by atoms with Crippen molar-refractivity contribution in [2.75, 3.05) is 26.4 Å². The molecule has 1 aliphatic heterocycles. The molecule has 4 nitrogen and oxygen atoms in total. The van der Waals surface area contributed by atoms with Gasteiger partial charge < -0.3 is 15.3 Å². The minimum absolute atomic E-state index is 0.0213. The van der Waals surface area contributed by atoms with Crippen molar-refractivity contribution in [2.24, 2.45) is 73.0 Å². The molecule has 11 atom stereocenters. The molecule has 238 valence electrons. The first-order valence-corrected chi connectivity index (χ1v) is 17.9. The number of aliphatic hydroxyl groups is 3. The minimum atomic E-state index is -0.222. The standard InChI is InChI=1S/C40H55NO3/c1-26-18-32-36(4)34-30(9-15-40(36)33(26)35(40,2)3)8-13-39(25-44)31(6-5-17-42)10-14-38(34,39)24-37(32)12-7-27(21-37)19-29(23-43)20-28-11-16-41-22-28/h8-9,11,13,15,18,22,27,29-31,33-34,42-44H,1,5-7,10,12,14,16-17,19-21,23-25H2,2-4H3/t27-,29+,30+,31+,33+,34-,36+,37-,38+,39-,40+/m1/s1. The smallest absolute Gasteiger partial charge is 0.0576 e. The zero-order valence-corrected chi connectivity index (χ0v) is 27.4. The van der Waals surface area contributed by atoms with E-state index < -0.39 is 0 Å². The molecule has 3 N–H and O–H groups in total. The molecule has 8 rings (SSSR count). The Hall–Kier alpha value is -1.75. The van der Waals surface area contributed by atoms with Crippen molar-refractivity contribution >= 4 is 6.21 Å². The quantitative estimate of drug-likeness (QED) is 0.245. The van der Waals surface area contributed by atoms with Crippen LogP contribution in [0.1, 0.15) is 85.0 Å². The number of nitrogens with zero attached hydrogens (tertiary/aromatic N) is 1. The van der Waals surface area contributed by atoms with Gasteiger partial charge in [-0.2, -0.15) is 0 Å². The highest BCUT2D eigenvalue weighted by Gasteiger charge is 2.86. The second kappa shape index (κ2) is 9.64. The molecule has 0 aromatic heterocycles. The van der Waals surface area contributed by atoms with E-state index in [0.29, 0.717) is 29.6 Å². The Balaban J connectivity index is 1.25. The third kappa shape index (κ3) is 3.34. The van der Waals surface area contributed by atoms with Gasteiger partial charge in [0.1, 0.15) is 0 Å². The Morgan fingerprint density at radius 1 is 1.07 bits per heavy atom. The summed E-state index contributed by atoms with van der Waals surface area (Å²) in [5.74, 6) is 2.67. The fourth-order valence-corrected chi connectivity index (χ4v) is 14.5. The third-order valence-electron chi connectivity index (χ3n) is 15.7. The Kier molecular flexibility index (Phi) is 6.50. The number of hydrogen-bond acceptors (Lipinski definition) is 4. The van der Waals surface area contributed by atoms with Crippen molar-refractivity contribution in [1.29, 1.82) is 0 Å².